The Bertz CT molecular complexity index is 1170. The van der Waals surface area contributed by atoms with E-state index >= 15 is 0 Å². The van der Waals surface area contributed by atoms with Gasteiger partial charge in [0.25, 0.3) is 0 Å². The van der Waals surface area contributed by atoms with Gasteiger partial charge in [-0.15, -0.1) is 0 Å². The summed E-state index contributed by atoms with van der Waals surface area (Å²) in [6, 6.07) is 4.91. The van der Waals surface area contributed by atoms with Gasteiger partial charge >= 0.3 is 5.69 Å². The molecule has 3 aromatic rings. The van der Waals surface area contributed by atoms with E-state index in [1.165, 1.54) is 10.8 Å². The smallest absolute Gasteiger partial charge is 0.284 e. The van der Waals surface area contributed by atoms with Crippen molar-refractivity contribution in [2.24, 2.45) is 0 Å². The molecular weight excluding hydrogens is 399 g/mol. The van der Waals surface area contributed by atoms with Gasteiger partial charge < -0.3 is 0 Å². The molecule has 4 rings (SSSR count). The summed E-state index contributed by atoms with van der Waals surface area (Å²) in [6.45, 7) is 0.259. The van der Waals surface area contributed by atoms with E-state index in [9.17, 15) is 13.2 Å². The van der Waals surface area contributed by atoms with Crippen LogP contribution in [0.15, 0.2) is 35.4 Å². The molecular formula is C16H14Cl2N4O3S. The van der Waals surface area contributed by atoms with Crippen LogP contribution in [0.2, 0.25) is 10.0 Å². The third-order valence-corrected chi connectivity index (χ3v) is 7.00. The van der Waals surface area contributed by atoms with Crippen molar-refractivity contribution in [1.29, 1.82) is 0 Å². The first kappa shape index (κ1) is 17.5. The van der Waals surface area contributed by atoms with Crippen LogP contribution in [0.5, 0.6) is 0 Å². The molecule has 136 valence electrons. The number of hydrogen-bond donors (Lipinski definition) is 0. The molecule has 1 unspecified atom stereocenters. The molecule has 3 heterocycles. The Morgan fingerprint density at radius 1 is 1.15 bits per heavy atom. The molecule has 1 aliphatic rings. The summed E-state index contributed by atoms with van der Waals surface area (Å²) < 4.78 is 26.7. The van der Waals surface area contributed by atoms with Crippen molar-refractivity contribution >= 4 is 44.1 Å². The van der Waals surface area contributed by atoms with Gasteiger partial charge in [0, 0.05) is 0 Å². The minimum Gasteiger partial charge on any atom is -0.284 e. The monoisotopic (exact) mass is 412 g/mol. The van der Waals surface area contributed by atoms with Crippen molar-refractivity contribution in [2.75, 3.05) is 11.5 Å². The Morgan fingerprint density at radius 3 is 2.65 bits per heavy atom. The van der Waals surface area contributed by atoms with E-state index in [1.54, 1.807) is 29.1 Å². The third-order valence-electron chi connectivity index (χ3n) is 4.51. The first-order valence-electron chi connectivity index (χ1n) is 7.91. The molecule has 2 aromatic heterocycles. The van der Waals surface area contributed by atoms with Crippen LogP contribution in [0, 0.1) is 0 Å². The average molecular weight is 413 g/mol. The molecule has 0 saturated carbocycles. The summed E-state index contributed by atoms with van der Waals surface area (Å²) in [4.78, 5) is 16.2. The minimum absolute atomic E-state index is 0.0513. The zero-order valence-electron chi connectivity index (χ0n) is 13.5. The van der Waals surface area contributed by atoms with Crippen molar-refractivity contribution in [3.05, 3.63) is 56.7 Å². The first-order valence-corrected chi connectivity index (χ1v) is 10.5. The number of benzene rings is 1. The fourth-order valence-electron chi connectivity index (χ4n) is 3.22. The van der Waals surface area contributed by atoms with Crippen LogP contribution in [0.3, 0.4) is 0 Å². The van der Waals surface area contributed by atoms with Crippen LogP contribution < -0.4 is 5.69 Å². The number of fused-ring (bicyclic) bond motifs is 1. The van der Waals surface area contributed by atoms with Crippen LogP contribution in [-0.4, -0.2) is 39.3 Å². The fraction of sp³-hybridized carbons (Fsp3) is 0.312. The van der Waals surface area contributed by atoms with Gasteiger partial charge in [-0.3, -0.25) is 9.25 Å². The second kappa shape index (κ2) is 6.37. The number of rotatable bonds is 3. The lowest BCUT2D eigenvalue weighted by Gasteiger charge is -2.11. The van der Waals surface area contributed by atoms with E-state index in [1.807, 2.05) is 0 Å². The van der Waals surface area contributed by atoms with E-state index in [0.29, 0.717) is 27.5 Å². The molecule has 1 aromatic carbocycles. The maximum Gasteiger partial charge on any atom is 0.348 e. The Kier molecular flexibility index (Phi) is 4.29. The van der Waals surface area contributed by atoms with Crippen LogP contribution in [0.25, 0.3) is 11.0 Å². The second-order valence-corrected chi connectivity index (χ2v) is 9.33. The quantitative estimate of drug-likeness (QED) is 0.658. The molecule has 1 saturated heterocycles. The van der Waals surface area contributed by atoms with Crippen molar-refractivity contribution < 1.29 is 8.42 Å². The van der Waals surface area contributed by atoms with Gasteiger partial charge in [-0.1, -0.05) is 29.3 Å². The minimum atomic E-state index is -3.04. The number of aromatic nitrogens is 4. The molecule has 0 amide bonds. The van der Waals surface area contributed by atoms with Crippen molar-refractivity contribution in [1.82, 2.24) is 19.3 Å². The molecule has 7 nitrogen and oxygen atoms in total. The van der Waals surface area contributed by atoms with Gasteiger partial charge in [-0.2, -0.15) is 10.1 Å². The van der Waals surface area contributed by atoms with E-state index in [2.05, 4.69) is 10.1 Å². The van der Waals surface area contributed by atoms with E-state index < -0.39 is 15.5 Å². The number of nitrogens with zero attached hydrogens (tertiary/aromatic N) is 4. The SMILES string of the molecule is O=c1ncc2c(cnn2C2CCS(=O)(=O)C2)n1Cc1ccc(Cl)c(Cl)c1. The van der Waals surface area contributed by atoms with Crippen LogP contribution in [-0.2, 0) is 16.4 Å². The predicted octanol–water partition coefficient (Wildman–Crippen LogP) is 2.31. The van der Waals surface area contributed by atoms with E-state index in [4.69, 9.17) is 23.2 Å². The summed E-state index contributed by atoms with van der Waals surface area (Å²) in [6.07, 6.45) is 3.52. The Labute approximate surface area is 159 Å². The molecule has 0 aliphatic carbocycles. The highest BCUT2D eigenvalue weighted by atomic mass is 35.5. The molecule has 0 spiro atoms. The van der Waals surface area contributed by atoms with Gasteiger partial charge in [0.15, 0.2) is 9.84 Å². The lowest BCUT2D eigenvalue weighted by Crippen LogP contribution is -2.23. The molecule has 0 radical (unpaired) electrons. The maximum atomic E-state index is 12.3. The normalized spacial score (nSPS) is 19.2. The second-order valence-electron chi connectivity index (χ2n) is 6.29. The van der Waals surface area contributed by atoms with Gasteiger partial charge in [0.2, 0.25) is 0 Å². The molecule has 0 bridgehead atoms. The van der Waals surface area contributed by atoms with E-state index in [-0.39, 0.29) is 24.1 Å². The first-order chi connectivity index (χ1) is 12.3. The third kappa shape index (κ3) is 3.13. The van der Waals surface area contributed by atoms with Gasteiger partial charge in [0.05, 0.1) is 52.0 Å². The summed E-state index contributed by atoms with van der Waals surface area (Å²) in [5, 5.41) is 5.17. The highest BCUT2D eigenvalue weighted by molar-refractivity contribution is 7.91. The lowest BCUT2D eigenvalue weighted by molar-refractivity contribution is 0.515. The summed E-state index contributed by atoms with van der Waals surface area (Å²) in [5.74, 6) is 0.199. The molecule has 0 N–H and O–H groups in total. The number of sulfone groups is 1. The highest BCUT2D eigenvalue weighted by Gasteiger charge is 2.30. The molecule has 10 heteroatoms. The van der Waals surface area contributed by atoms with Gasteiger partial charge in [-0.05, 0) is 24.1 Å². The Balaban J connectivity index is 1.77. The maximum absolute atomic E-state index is 12.3. The van der Waals surface area contributed by atoms with Crippen LogP contribution in [0.4, 0.5) is 0 Å². The zero-order chi connectivity index (χ0) is 18.5. The van der Waals surface area contributed by atoms with Crippen molar-refractivity contribution in [3.63, 3.8) is 0 Å². The lowest BCUT2D eigenvalue weighted by atomic mass is 10.2. The van der Waals surface area contributed by atoms with Crippen molar-refractivity contribution in [2.45, 2.75) is 19.0 Å². The molecule has 1 atom stereocenters. The van der Waals surface area contributed by atoms with Crippen LogP contribution >= 0.6 is 23.2 Å². The molecule has 1 fully saturated rings. The zero-order valence-corrected chi connectivity index (χ0v) is 15.8. The Morgan fingerprint density at radius 2 is 1.96 bits per heavy atom. The fourth-order valence-corrected chi connectivity index (χ4v) is 5.23. The highest BCUT2D eigenvalue weighted by Crippen LogP contribution is 2.27. The van der Waals surface area contributed by atoms with Crippen molar-refractivity contribution in [3.8, 4) is 0 Å². The summed E-state index contributed by atoms with van der Waals surface area (Å²) in [5.41, 5.74) is 1.61. The van der Waals surface area contributed by atoms with E-state index in [0.717, 1.165) is 5.56 Å². The molecule has 26 heavy (non-hydrogen) atoms. The average Bonchev–Trinajstić information content (AvgIpc) is 3.16. The van der Waals surface area contributed by atoms with Gasteiger partial charge in [-0.25, -0.2) is 13.2 Å². The van der Waals surface area contributed by atoms with Gasteiger partial charge in [0.1, 0.15) is 5.52 Å². The standard InChI is InChI=1S/C16H14Cl2N4O3S/c17-12-2-1-10(5-13(12)18)8-21-14-7-20-22(15(14)6-19-16(21)23)11-3-4-26(24,25)9-11/h1-2,5-7,11H,3-4,8-9H2. The Hall–Kier alpha value is -1.90. The molecule has 1 aliphatic heterocycles. The van der Waals surface area contributed by atoms with Crippen LogP contribution in [0.1, 0.15) is 18.0 Å². The largest absolute Gasteiger partial charge is 0.348 e. The number of hydrogen-bond acceptors (Lipinski definition) is 5. The topological polar surface area (TPSA) is 86.8 Å². The summed E-state index contributed by atoms with van der Waals surface area (Å²) >= 11 is 12.0. The predicted molar refractivity (Wildman–Crippen MR) is 99.7 cm³/mol. The number of halogens is 2. The summed E-state index contributed by atoms with van der Waals surface area (Å²) in [7, 11) is -3.04.